The number of anilines is 1. The SMILES string of the molecule is COc1ccc2c(C[NH+]3CCN(c4[nH+]cc(C(F)(F)F)cc4Cl)CC3)cc(=O)oc2c1. The second kappa shape index (κ2) is 8.39. The molecule has 1 aliphatic rings. The normalized spacial score (nSPS) is 15.5. The molecule has 1 aromatic carbocycles. The first-order valence-electron chi connectivity index (χ1n) is 9.72. The van der Waals surface area contributed by atoms with Crippen molar-refractivity contribution >= 4 is 28.4 Å². The highest BCUT2D eigenvalue weighted by Gasteiger charge is 2.35. The molecule has 164 valence electrons. The number of alkyl halides is 3. The highest BCUT2D eigenvalue weighted by molar-refractivity contribution is 6.32. The van der Waals surface area contributed by atoms with Gasteiger partial charge in [0.1, 0.15) is 55.3 Å². The minimum atomic E-state index is -4.45. The molecule has 1 fully saturated rings. The first-order chi connectivity index (χ1) is 14.7. The fourth-order valence-electron chi connectivity index (χ4n) is 3.84. The number of rotatable bonds is 4. The summed E-state index contributed by atoms with van der Waals surface area (Å²) < 4.78 is 49.0. The number of fused-ring (bicyclic) bond motifs is 1. The summed E-state index contributed by atoms with van der Waals surface area (Å²) >= 11 is 6.11. The maximum atomic E-state index is 12.9. The van der Waals surface area contributed by atoms with Crippen molar-refractivity contribution in [1.82, 2.24) is 0 Å². The lowest BCUT2D eigenvalue weighted by molar-refractivity contribution is -0.914. The highest BCUT2D eigenvalue weighted by Crippen LogP contribution is 2.32. The predicted octanol–water partition coefficient (Wildman–Crippen LogP) is 2.19. The van der Waals surface area contributed by atoms with Crippen molar-refractivity contribution in [3.8, 4) is 5.75 Å². The highest BCUT2D eigenvalue weighted by atomic mass is 35.5. The molecule has 0 aliphatic carbocycles. The van der Waals surface area contributed by atoms with Crippen molar-refractivity contribution in [1.29, 1.82) is 0 Å². The van der Waals surface area contributed by atoms with Crippen LogP contribution in [-0.2, 0) is 12.7 Å². The molecular formula is C21H21ClF3N3O3+2. The van der Waals surface area contributed by atoms with Gasteiger partial charge in [-0.05, 0) is 18.2 Å². The number of hydrogen-bond acceptors (Lipinski definition) is 4. The molecule has 0 saturated carbocycles. The van der Waals surface area contributed by atoms with Crippen LogP contribution in [0.3, 0.4) is 0 Å². The average Bonchev–Trinajstić information content (AvgIpc) is 2.73. The van der Waals surface area contributed by atoms with Crippen LogP contribution in [0.1, 0.15) is 11.1 Å². The van der Waals surface area contributed by atoms with Crippen molar-refractivity contribution in [3.63, 3.8) is 0 Å². The Bertz CT molecular complexity index is 1160. The van der Waals surface area contributed by atoms with Gasteiger partial charge in [0.15, 0.2) is 0 Å². The third kappa shape index (κ3) is 4.62. The third-order valence-corrected chi connectivity index (χ3v) is 5.75. The maximum absolute atomic E-state index is 12.9. The lowest BCUT2D eigenvalue weighted by Gasteiger charge is -2.29. The van der Waals surface area contributed by atoms with E-state index in [9.17, 15) is 18.0 Å². The molecule has 10 heteroatoms. The number of methoxy groups -OCH3 is 1. The van der Waals surface area contributed by atoms with Crippen LogP contribution in [0.2, 0.25) is 5.02 Å². The van der Waals surface area contributed by atoms with Crippen LogP contribution in [0.15, 0.2) is 45.7 Å². The molecular weight excluding hydrogens is 435 g/mol. The van der Waals surface area contributed by atoms with Gasteiger partial charge in [0.2, 0.25) is 0 Å². The standard InChI is InChI=1S/C21H19ClF3N3O3/c1-30-15-2-3-16-13(8-19(29)31-18(16)10-15)12-27-4-6-28(7-5-27)20-17(22)9-14(11-26-20)21(23,24)25/h2-3,8-11H,4-7,12H2,1H3/p+2. The minimum Gasteiger partial charge on any atom is -0.497 e. The van der Waals surface area contributed by atoms with Crippen molar-refractivity contribution in [2.45, 2.75) is 12.7 Å². The predicted molar refractivity (Wildman–Crippen MR) is 109 cm³/mol. The molecule has 0 radical (unpaired) electrons. The van der Waals surface area contributed by atoms with E-state index in [4.69, 9.17) is 20.8 Å². The van der Waals surface area contributed by atoms with Gasteiger partial charge < -0.3 is 14.1 Å². The van der Waals surface area contributed by atoms with E-state index in [1.54, 1.807) is 13.2 Å². The molecule has 2 N–H and O–H groups in total. The maximum Gasteiger partial charge on any atom is 0.419 e. The number of aromatic nitrogens is 1. The van der Waals surface area contributed by atoms with Crippen molar-refractivity contribution in [2.75, 3.05) is 38.2 Å². The Balaban J connectivity index is 1.47. The summed E-state index contributed by atoms with van der Waals surface area (Å²) in [5.41, 5.74) is 0.138. The number of nitrogens with one attached hydrogen (secondary N) is 2. The number of ether oxygens (including phenoxy) is 1. The van der Waals surface area contributed by atoms with Gasteiger partial charge in [-0.1, -0.05) is 11.6 Å². The van der Waals surface area contributed by atoms with E-state index in [1.165, 1.54) is 11.0 Å². The summed E-state index contributed by atoms with van der Waals surface area (Å²) in [7, 11) is 1.55. The zero-order valence-corrected chi connectivity index (χ0v) is 17.4. The number of H-pyrrole nitrogens is 1. The van der Waals surface area contributed by atoms with Gasteiger partial charge in [-0.2, -0.15) is 13.2 Å². The molecule has 1 aliphatic heterocycles. The number of pyridine rings is 1. The molecule has 3 aromatic rings. The monoisotopic (exact) mass is 455 g/mol. The number of quaternary nitrogens is 1. The van der Waals surface area contributed by atoms with Crippen molar-refractivity contribution < 1.29 is 32.2 Å². The summed E-state index contributed by atoms with van der Waals surface area (Å²) in [4.78, 5) is 17.9. The summed E-state index contributed by atoms with van der Waals surface area (Å²) in [6.07, 6.45) is -3.51. The summed E-state index contributed by atoms with van der Waals surface area (Å²) in [6, 6.07) is 7.83. The fraction of sp³-hybridized carbons (Fsp3) is 0.333. The molecule has 0 amide bonds. The van der Waals surface area contributed by atoms with Gasteiger partial charge in [-0.15, -0.1) is 0 Å². The van der Waals surface area contributed by atoms with Crippen LogP contribution in [0, 0.1) is 0 Å². The zero-order chi connectivity index (χ0) is 22.2. The van der Waals surface area contributed by atoms with E-state index in [-0.39, 0.29) is 5.02 Å². The Morgan fingerprint density at radius 3 is 2.61 bits per heavy atom. The van der Waals surface area contributed by atoms with Crippen LogP contribution >= 0.6 is 11.6 Å². The van der Waals surface area contributed by atoms with Gasteiger partial charge in [0, 0.05) is 23.1 Å². The summed E-state index contributed by atoms with van der Waals surface area (Å²) in [6.45, 7) is 3.34. The van der Waals surface area contributed by atoms with Crippen LogP contribution in [0.5, 0.6) is 5.75 Å². The minimum absolute atomic E-state index is 0.0406. The molecule has 0 unspecified atom stereocenters. The van der Waals surface area contributed by atoms with Crippen LogP contribution in [0.25, 0.3) is 11.0 Å². The van der Waals surface area contributed by atoms with Crippen LogP contribution < -0.4 is 25.1 Å². The molecule has 31 heavy (non-hydrogen) atoms. The van der Waals surface area contributed by atoms with E-state index < -0.39 is 17.4 Å². The fourth-order valence-corrected chi connectivity index (χ4v) is 4.14. The molecule has 0 atom stereocenters. The van der Waals surface area contributed by atoms with Gasteiger partial charge in [0.25, 0.3) is 5.82 Å². The van der Waals surface area contributed by atoms with Gasteiger partial charge in [-0.25, -0.2) is 14.7 Å². The molecule has 0 spiro atoms. The first kappa shape index (κ1) is 21.5. The van der Waals surface area contributed by atoms with Crippen LogP contribution in [0.4, 0.5) is 19.0 Å². The zero-order valence-electron chi connectivity index (χ0n) is 16.7. The van der Waals surface area contributed by atoms with Crippen molar-refractivity contribution in [2.24, 2.45) is 0 Å². The smallest absolute Gasteiger partial charge is 0.419 e. The van der Waals surface area contributed by atoms with E-state index in [2.05, 4.69) is 4.98 Å². The molecule has 6 nitrogen and oxygen atoms in total. The molecule has 2 aromatic heterocycles. The van der Waals surface area contributed by atoms with Crippen molar-refractivity contribution in [3.05, 3.63) is 63.1 Å². The second-order valence-corrected chi connectivity index (χ2v) is 7.86. The van der Waals surface area contributed by atoms with E-state index in [1.807, 2.05) is 17.0 Å². The van der Waals surface area contributed by atoms with Gasteiger partial charge >= 0.3 is 11.8 Å². The Hall–Kier alpha value is -2.78. The van der Waals surface area contributed by atoms with Crippen LogP contribution in [-0.4, -0.2) is 33.3 Å². The van der Waals surface area contributed by atoms with Gasteiger partial charge in [0.05, 0.1) is 12.7 Å². The van der Waals surface area contributed by atoms with E-state index >= 15 is 0 Å². The number of benzene rings is 1. The number of nitrogens with zero attached hydrogens (tertiary/aromatic N) is 1. The topological polar surface area (TPSA) is 61.3 Å². The lowest BCUT2D eigenvalue weighted by Crippen LogP contribution is -3.13. The van der Waals surface area contributed by atoms with E-state index in [0.29, 0.717) is 36.8 Å². The second-order valence-electron chi connectivity index (χ2n) is 7.45. The van der Waals surface area contributed by atoms with E-state index in [0.717, 1.165) is 36.3 Å². The summed E-state index contributed by atoms with van der Waals surface area (Å²) in [5.74, 6) is 1.09. The summed E-state index contributed by atoms with van der Waals surface area (Å²) in [5, 5.41) is 0.897. The molecule has 1 saturated heterocycles. The Morgan fingerprint density at radius 2 is 1.97 bits per heavy atom. The Morgan fingerprint density at radius 1 is 1.23 bits per heavy atom. The Labute approximate surface area is 180 Å². The molecule has 3 heterocycles. The molecule has 4 rings (SSSR count). The van der Waals surface area contributed by atoms with Gasteiger partial charge in [-0.3, -0.25) is 0 Å². The number of aromatic amines is 1. The largest absolute Gasteiger partial charge is 0.497 e. The number of halogens is 4. The number of hydrogen-bond donors (Lipinski definition) is 1. The lowest BCUT2D eigenvalue weighted by atomic mass is 10.1. The quantitative estimate of drug-likeness (QED) is 0.613. The first-order valence-corrected chi connectivity index (χ1v) is 10.1. The third-order valence-electron chi connectivity index (χ3n) is 5.46. The Kier molecular flexibility index (Phi) is 5.81. The average molecular weight is 456 g/mol. The number of piperazine rings is 1. The molecule has 0 bridgehead atoms.